The van der Waals surface area contributed by atoms with Gasteiger partial charge in [-0.25, -0.2) is 0 Å². The van der Waals surface area contributed by atoms with E-state index in [0.717, 1.165) is 12.8 Å². The molecule has 0 spiro atoms. The molecule has 0 amide bonds. The van der Waals surface area contributed by atoms with Gasteiger partial charge in [0.25, 0.3) is 0 Å². The van der Waals surface area contributed by atoms with Crippen LogP contribution in [0.3, 0.4) is 0 Å². The van der Waals surface area contributed by atoms with E-state index in [1.54, 1.807) is 11.1 Å². The van der Waals surface area contributed by atoms with Crippen LogP contribution in [0.25, 0.3) is 5.57 Å². The van der Waals surface area contributed by atoms with Gasteiger partial charge in [-0.3, -0.25) is 4.79 Å². The van der Waals surface area contributed by atoms with E-state index in [1.165, 1.54) is 52.6 Å². The van der Waals surface area contributed by atoms with Crippen molar-refractivity contribution < 1.29 is 9.90 Å². The van der Waals surface area contributed by atoms with E-state index in [2.05, 4.69) is 57.2 Å². The Morgan fingerprint density at radius 2 is 1.48 bits per heavy atom. The number of carboxylic acids is 1. The normalized spacial score (nSPS) is 14.0. The molecular formula is C25H30O2. The molecule has 27 heavy (non-hydrogen) atoms. The third-order valence-electron chi connectivity index (χ3n) is 6.05. The number of aliphatic carboxylic acids is 1. The molecule has 0 atom stereocenters. The summed E-state index contributed by atoms with van der Waals surface area (Å²) in [4.78, 5) is 10.8. The molecule has 0 saturated heterocycles. The maximum Gasteiger partial charge on any atom is 0.303 e. The van der Waals surface area contributed by atoms with Gasteiger partial charge in [0.05, 0.1) is 0 Å². The SMILES string of the molecule is Cc1ccc(C2=C(CCc3ccc(CCC(=O)O)c(C)c3C)CCC2)cc1. The van der Waals surface area contributed by atoms with Gasteiger partial charge in [-0.2, -0.15) is 0 Å². The summed E-state index contributed by atoms with van der Waals surface area (Å²) in [6.45, 7) is 6.44. The van der Waals surface area contributed by atoms with Crippen LogP contribution in [0.15, 0.2) is 42.0 Å². The van der Waals surface area contributed by atoms with Gasteiger partial charge in [0.15, 0.2) is 0 Å². The first-order valence-electron chi connectivity index (χ1n) is 10.0. The summed E-state index contributed by atoms with van der Waals surface area (Å²) in [7, 11) is 0. The predicted octanol–water partition coefficient (Wildman–Crippen LogP) is 6.20. The largest absolute Gasteiger partial charge is 0.481 e. The average Bonchev–Trinajstić information content (AvgIpc) is 3.11. The van der Waals surface area contributed by atoms with Crippen LogP contribution in [0.1, 0.15) is 65.5 Å². The Morgan fingerprint density at radius 3 is 2.11 bits per heavy atom. The van der Waals surface area contributed by atoms with Gasteiger partial charge in [0, 0.05) is 6.42 Å². The smallest absolute Gasteiger partial charge is 0.303 e. The molecule has 1 aliphatic rings. The van der Waals surface area contributed by atoms with Crippen molar-refractivity contribution >= 4 is 11.5 Å². The zero-order valence-electron chi connectivity index (χ0n) is 16.8. The van der Waals surface area contributed by atoms with Crippen LogP contribution in [0.4, 0.5) is 0 Å². The van der Waals surface area contributed by atoms with Gasteiger partial charge in [0.1, 0.15) is 0 Å². The van der Waals surface area contributed by atoms with E-state index in [0.29, 0.717) is 6.42 Å². The van der Waals surface area contributed by atoms with Crippen molar-refractivity contribution in [1.82, 2.24) is 0 Å². The first kappa shape index (κ1) is 19.4. The van der Waals surface area contributed by atoms with Crippen molar-refractivity contribution in [2.24, 2.45) is 0 Å². The highest BCUT2D eigenvalue weighted by Crippen LogP contribution is 2.36. The average molecular weight is 363 g/mol. The van der Waals surface area contributed by atoms with E-state index >= 15 is 0 Å². The van der Waals surface area contributed by atoms with Gasteiger partial charge < -0.3 is 5.11 Å². The number of rotatable bonds is 7. The Labute approximate surface area is 162 Å². The van der Waals surface area contributed by atoms with Crippen LogP contribution in [0, 0.1) is 20.8 Å². The van der Waals surface area contributed by atoms with Crippen molar-refractivity contribution in [3.8, 4) is 0 Å². The molecule has 2 aromatic carbocycles. The molecule has 0 unspecified atom stereocenters. The molecule has 0 aliphatic heterocycles. The van der Waals surface area contributed by atoms with E-state index in [9.17, 15) is 4.79 Å². The standard InChI is InChI=1S/C25H30O2/c1-17-7-9-23(10-8-17)24-6-4-5-22(24)14-13-20-11-12-21(15-16-25(26)27)19(3)18(20)2/h7-12H,4-6,13-16H2,1-3H3,(H,26,27). The molecular weight excluding hydrogens is 332 g/mol. The predicted molar refractivity (Wildman–Crippen MR) is 112 cm³/mol. The Morgan fingerprint density at radius 1 is 0.852 bits per heavy atom. The molecule has 1 aliphatic carbocycles. The first-order valence-corrected chi connectivity index (χ1v) is 10.0. The Bertz CT molecular complexity index is 857. The number of carbonyl (C=O) groups is 1. The number of benzene rings is 2. The molecule has 2 heteroatoms. The third kappa shape index (κ3) is 4.68. The molecule has 142 valence electrons. The van der Waals surface area contributed by atoms with Crippen LogP contribution >= 0.6 is 0 Å². The first-order chi connectivity index (χ1) is 13.0. The van der Waals surface area contributed by atoms with E-state index in [4.69, 9.17) is 5.11 Å². The van der Waals surface area contributed by atoms with E-state index in [-0.39, 0.29) is 6.42 Å². The lowest BCUT2D eigenvalue weighted by Crippen LogP contribution is -2.02. The summed E-state index contributed by atoms with van der Waals surface area (Å²) in [6.07, 6.45) is 6.69. The highest BCUT2D eigenvalue weighted by molar-refractivity contribution is 5.71. The van der Waals surface area contributed by atoms with Gasteiger partial charge in [-0.15, -0.1) is 0 Å². The number of aryl methyl sites for hydroxylation is 3. The quantitative estimate of drug-likeness (QED) is 0.637. The molecule has 1 N–H and O–H groups in total. The van der Waals surface area contributed by atoms with Crippen molar-refractivity contribution in [1.29, 1.82) is 0 Å². The molecule has 0 bridgehead atoms. The van der Waals surface area contributed by atoms with Crippen LogP contribution in [-0.4, -0.2) is 11.1 Å². The molecule has 0 heterocycles. The van der Waals surface area contributed by atoms with Crippen LogP contribution in [0.5, 0.6) is 0 Å². The minimum atomic E-state index is -0.729. The topological polar surface area (TPSA) is 37.3 Å². The second-order valence-corrected chi connectivity index (χ2v) is 7.83. The number of allylic oxidation sites excluding steroid dienone is 2. The monoisotopic (exact) mass is 362 g/mol. The summed E-state index contributed by atoms with van der Waals surface area (Å²) in [6, 6.07) is 13.3. The second-order valence-electron chi connectivity index (χ2n) is 7.83. The van der Waals surface area contributed by atoms with Gasteiger partial charge in [-0.1, -0.05) is 47.5 Å². The Kier molecular flexibility index (Phi) is 6.15. The highest BCUT2D eigenvalue weighted by atomic mass is 16.4. The Hall–Kier alpha value is -2.35. The molecule has 0 aromatic heterocycles. The fourth-order valence-corrected chi connectivity index (χ4v) is 4.19. The molecule has 3 rings (SSSR count). The summed E-state index contributed by atoms with van der Waals surface area (Å²) in [5.41, 5.74) is 11.0. The van der Waals surface area contributed by atoms with Crippen molar-refractivity contribution in [3.05, 3.63) is 75.4 Å². The molecule has 0 saturated carbocycles. The maximum atomic E-state index is 10.8. The zero-order chi connectivity index (χ0) is 19.4. The summed E-state index contributed by atoms with van der Waals surface area (Å²) < 4.78 is 0. The number of carboxylic acid groups (broad SMARTS) is 1. The molecule has 2 nitrogen and oxygen atoms in total. The molecule has 0 radical (unpaired) electrons. The minimum Gasteiger partial charge on any atom is -0.481 e. The lowest BCUT2D eigenvalue weighted by atomic mass is 9.91. The van der Waals surface area contributed by atoms with Crippen molar-refractivity contribution in [2.45, 2.75) is 65.7 Å². The van der Waals surface area contributed by atoms with Crippen molar-refractivity contribution in [2.75, 3.05) is 0 Å². The van der Waals surface area contributed by atoms with Gasteiger partial charge in [0.2, 0.25) is 0 Å². The lowest BCUT2D eigenvalue weighted by Gasteiger charge is -2.14. The third-order valence-corrected chi connectivity index (χ3v) is 6.05. The van der Waals surface area contributed by atoms with Gasteiger partial charge in [-0.05, 0) is 92.7 Å². The lowest BCUT2D eigenvalue weighted by molar-refractivity contribution is -0.136. The second kappa shape index (κ2) is 8.56. The summed E-state index contributed by atoms with van der Waals surface area (Å²) in [5, 5.41) is 8.92. The van der Waals surface area contributed by atoms with Crippen LogP contribution < -0.4 is 0 Å². The van der Waals surface area contributed by atoms with Crippen molar-refractivity contribution in [3.63, 3.8) is 0 Å². The zero-order valence-corrected chi connectivity index (χ0v) is 16.8. The molecule has 2 aromatic rings. The summed E-state index contributed by atoms with van der Waals surface area (Å²) >= 11 is 0. The van der Waals surface area contributed by atoms with Crippen LogP contribution in [0.2, 0.25) is 0 Å². The molecule has 0 fully saturated rings. The number of hydrogen-bond acceptors (Lipinski definition) is 1. The van der Waals surface area contributed by atoms with E-state index < -0.39 is 5.97 Å². The highest BCUT2D eigenvalue weighted by Gasteiger charge is 2.16. The maximum absolute atomic E-state index is 10.8. The number of hydrogen-bond donors (Lipinski definition) is 1. The van der Waals surface area contributed by atoms with Crippen LogP contribution in [-0.2, 0) is 17.6 Å². The fourth-order valence-electron chi connectivity index (χ4n) is 4.19. The Balaban J connectivity index is 1.74. The minimum absolute atomic E-state index is 0.201. The van der Waals surface area contributed by atoms with E-state index in [1.807, 2.05) is 0 Å². The summed E-state index contributed by atoms with van der Waals surface area (Å²) in [5.74, 6) is -0.729. The fraction of sp³-hybridized carbons (Fsp3) is 0.400. The van der Waals surface area contributed by atoms with Gasteiger partial charge >= 0.3 is 5.97 Å².